The molecule has 0 bridgehead atoms. The predicted octanol–water partition coefficient (Wildman–Crippen LogP) is 2.34. The lowest BCUT2D eigenvalue weighted by Gasteiger charge is -2.20. The number of nitrogens with two attached hydrogens (primary N) is 1. The van der Waals surface area contributed by atoms with Gasteiger partial charge in [0.15, 0.2) is 0 Å². The molecule has 0 aliphatic heterocycles. The average Bonchev–Trinajstić information content (AvgIpc) is 2.62. The van der Waals surface area contributed by atoms with Crippen molar-refractivity contribution in [2.45, 2.75) is 26.7 Å². The second-order valence-electron chi connectivity index (χ2n) is 4.62. The molecule has 3 nitrogen and oxygen atoms in total. The minimum atomic E-state index is 0.386. The fraction of sp³-hybridized carbons (Fsp3) is 0.462. The fourth-order valence-electron chi connectivity index (χ4n) is 2.21. The van der Waals surface area contributed by atoms with E-state index in [9.17, 15) is 0 Å². The Balaban J connectivity index is 2.59. The molecular weight excluding hydrogens is 198 g/mol. The molecule has 0 aliphatic rings. The van der Waals surface area contributed by atoms with Crippen LogP contribution in [0.4, 0.5) is 0 Å². The van der Waals surface area contributed by atoms with Crippen LogP contribution < -0.4 is 5.73 Å². The van der Waals surface area contributed by atoms with Gasteiger partial charge in [-0.3, -0.25) is 0 Å². The molecule has 0 saturated carbocycles. The molecule has 3 heteroatoms. The summed E-state index contributed by atoms with van der Waals surface area (Å²) >= 11 is 0. The second-order valence-corrected chi connectivity index (χ2v) is 4.62. The molecule has 1 unspecified atom stereocenters. The topological polar surface area (TPSA) is 43.3 Å². The number of fused-ring (bicyclic) bond motifs is 1. The smallest absolute Gasteiger partial charge is 0.0997 e. The van der Waals surface area contributed by atoms with E-state index in [4.69, 9.17) is 5.73 Å². The first-order valence-corrected chi connectivity index (χ1v) is 5.77. The molecule has 0 fully saturated rings. The first kappa shape index (κ1) is 11.1. The summed E-state index contributed by atoms with van der Waals surface area (Å²) in [4.78, 5) is 4.35. The van der Waals surface area contributed by atoms with Crippen LogP contribution in [0.3, 0.4) is 0 Å². The maximum Gasteiger partial charge on any atom is 0.0997 e. The molecule has 0 aromatic carbocycles. The Hall–Kier alpha value is -1.35. The quantitative estimate of drug-likeness (QED) is 0.857. The average molecular weight is 217 g/mol. The van der Waals surface area contributed by atoms with Crippen LogP contribution in [-0.4, -0.2) is 15.9 Å². The van der Waals surface area contributed by atoms with Crippen molar-refractivity contribution in [3.63, 3.8) is 0 Å². The van der Waals surface area contributed by atoms with Crippen molar-refractivity contribution in [1.29, 1.82) is 0 Å². The molecule has 2 N–H and O–H groups in total. The summed E-state index contributed by atoms with van der Waals surface area (Å²) in [6, 6.07) is 6.33. The Labute approximate surface area is 96.3 Å². The Bertz CT molecular complexity index is 485. The van der Waals surface area contributed by atoms with Gasteiger partial charge in [-0.05, 0) is 25.0 Å². The molecule has 0 aliphatic carbocycles. The summed E-state index contributed by atoms with van der Waals surface area (Å²) in [5.74, 6) is 0.926. The van der Waals surface area contributed by atoms with E-state index in [1.54, 1.807) is 0 Å². The molecule has 86 valence electrons. The normalized spacial score (nSPS) is 13.6. The molecule has 1 atom stereocenters. The van der Waals surface area contributed by atoms with Gasteiger partial charge in [0.1, 0.15) is 0 Å². The molecule has 2 aromatic heterocycles. The van der Waals surface area contributed by atoms with Gasteiger partial charge in [0.2, 0.25) is 0 Å². The lowest BCUT2D eigenvalue weighted by Crippen LogP contribution is -2.20. The van der Waals surface area contributed by atoms with Crippen molar-refractivity contribution in [3.8, 4) is 0 Å². The molecule has 0 radical (unpaired) electrons. The van der Waals surface area contributed by atoms with Crippen LogP contribution in [0.5, 0.6) is 0 Å². The van der Waals surface area contributed by atoms with Crippen molar-refractivity contribution >= 4 is 5.52 Å². The van der Waals surface area contributed by atoms with E-state index in [0.717, 1.165) is 5.69 Å². The Morgan fingerprint density at radius 3 is 2.75 bits per heavy atom. The third-order valence-electron chi connectivity index (χ3n) is 3.23. The Kier molecular flexibility index (Phi) is 2.97. The SMILES string of the molecule is Cc1ncn2c(C(CN)C(C)C)cccc12. The van der Waals surface area contributed by atoms with Crippen LogP contribution in [0.1, 0.15) is 31.2 Å². The monoisotopic (exact) mass is 217 g/mol. The highest BCUT2D eigenvalue weighted by molar-refractivity contribution is 5.52. The van der Waals surface area contributed by atoms with Crippen LogP contribution >= 0.6 is 0 Å². The van der Waals surface area contributed by atoms with E-state index in [-0.39, 0.29) is 0 Å². The number of pyridine rings is 1. The molecule has 16 heavy (non-hydrogen) atoms. The number of rotatable bonds is 3. The van der Waals surface area contributed by atoms with E-state index >= 15 is 0 Å². The van der Waals surface area contributed by atoms with Crippen LogP contribution in [-0.2, 0) is 0 Å². The van der Waals surface area contributed by atoms with Gasteiger partial charge in [0.25, 0.3) is 0 Å². The highest BCUT2D eigenvalue weighted by Gasteiger charge is 2.17. The predicted molar refractivity (Wildman–Crippen MR) is 66.6 cm³/mol. The Morgan fingerprint density at radius 2 is 2.12 bits per heavy atom. The third-order valence-corrected chi connectivity index (χ3v) is 3.23. The van der Waals surface area contributed by atoms with Gasteiger partial charge in [-0.25, -0.2) is 4.98 Å². The zero-order valence-corrected chi connectivity index (χ0v) is 10.1. The van der Waals surface area contributed by atoms with Gasteiger partial charge < -0.3 is 10.1 Å². The van der Waals surface area contributed by atoms with Gasteiger partial charge in [-0.1, -0.05) is 19.9 Å². The lowest BCUT2D eigenvalue weighted by molar-refractivity contribution is 0.491. The number of aryl methyl sites for hydroxylation is 1. The zero-order chi connectivity index (χ0) is 11.7. The number of aromatic nitrogens is 2. The van der Waals surface area contributed by atoms with E-state index in [0.29, 0.717) is 18.4 Å². The van der Waals surface area contributed by atoms with Gasteiger partial charge in [-0.2, -0.15) is 0 Å². The van der Waals surface area contributed by atoms with Crippen LogP contribution in [0.25, 0.3) is 5.52 Å². The van der Waals surface area contributed by atoms with Gasteiger partial charge in [-0.15, -0.1) is 0 Å². The first-order valence-electron chi connectivity index (χ1n) is 5.77. The van der Waals surface area contributed by atoms with Crippen molar-refractivity contribution in [1.82, 2.24) is 9.38 Å². The van der Waals surface area contributed by atoms with Crippen LogP contribution in [0, 0.1) is 12.8 Å². The number of hydrogen-bond donors (Lipinski definition) is 1. The molecule has 2 rings (SSSR count). The van der Waals surface area contributed by atoms with Crippen molar-refractivity contribution in [2.24, 2.45) is 11.7 Å². The molecule has 2 aromatic rings. The lowest BCUT2D eigenvalue weighted by atomic mass is 9.92. The maximum atomic E-state index is 5.87. The fourth-order valence-corrected chi connectivity index (χ4v) is 2.21. The Morgan fingerprint density at radius 1 is 1.38 bits per heavy atom. The summed E-state index contributed by atoms with van der Waals surface area (Å²) < 4.78 is 2.16. The van der Waals surface area contributed by atoms with Crippen molar-refractivity contribution in [2.75, 3.05) is 6.54 Å². The van der Waals surface area contributed by atoms with Crippen LogP contribution in [0.2, 0.25) is 0 Å². The van der Waals surface area contributed by atoms with Crippen molar-refractivity contribution in [3.05, 3.63) is 35.9 Å². The summed E-state index contributed by atoms with van der Waals surface area (Å²) in [7, 11) is 0. The van der Waals surface area contributed by atoms with Gasteiger partial charge >= 0.3 is 0 Å². The standard InChI is InChI=1S/C13H19N3/c1-9(2)11(7-14)13-6-4-5-12-10(3)15-8-16(12)13/h4-6,8-9,11H,7,14H2,1-3H3. The van der Waals surface area contributed by atoms with Gasteiger partial charge in [0, 0.05) is 18.2 Å². The molecule has 2 heterocycles. The minimum absolute atomic E-state index is 0.386. The minimum Gasteiger partial charge on any atom is -0.330 e. The van der Waals surface area contributed by atoms with Gasteiger partial charge in [0.05, 0.1) is 17.5 Å². The zero-order valence-electron chi connectivity index (χ0n) is 10.1. The largest absolute Gasteiger partial charge is 0.330 e. The summed E-state index contributed by atoms with van der Waals surface area (Å²) in [6.45, 7) is 7.13. The molecule has 0 amide bonds. The molecular formula is C13H19N3. The van der Waals surface area contributed by atoms with E-state index in [2.05, 4.69) is 41.4 Å². The summed E-state index contributed by atoms with van der Waals surface area (Å²) in [6.07, 6.45) is 1.89. The number of nitrogens with zero attached hydrogens (tertiary/aromatic N) is 2. The van der Waals surface area contributed by atoms with E-state index in [1.807, 2.05) is 13.3 Å². The first-order chi connectivity index (χ1) is 7.65. The molecule has 0 spiro atoms. The third kappa shape index (κ3) is 1.71. The van der Waals surface area contributed by atoms with E-state index < -0.39 is 0 Å². The maximum absolute atomic E-state index is 5.87. The van der Waals surface area contributed by atoms with Crippen molar-refractivity contribution < 1.29 is 0 Å². The molecule has 0 saturated heterocycles. The summed E-state index contributed by atoms with van der Waals surface area (Å²) in [5, 5.41) is 0. The van der Waals surface area contributed by atoms with Crippen LogP contribution in [0.15, 0.2) is 24.5 Å². The number of hydrogen-bond acceptors (Lipinski definition) is 2. The summed E-state index contributed by atoms with van der Waals surface area (Å²) in [5.41, 5.74) is 9.38. The van der Waals surface area contributed by atoms with E-state index in [1.165, 1.54) is 11.2 Å². The highest BCUT2D eigenvalue weighted by atomic mass is 15.0. The second kappa shape index (κ2) is 4.26. The number of imidazole rings is 1. The highest BCUT2D eigenvalue weighted by Crippen LogP contribution is 2.24.